The monoisotopic (exact) mass is 1130 g/mol. The smallest absolute Gasteiger partial charge is 0.474 e. The first kappa shape index (κ1) is 68.1. The number of unbranched alkanes of at least 4 members (excludes halogenated alkanes) is 1. The van der Waals surface area contributed by atoms with E-state index >= 15 is 0 Å². The van der Waals surface area contributed by atoms with Crippen molar-refractivity contribution in [2.75, 3.05) is 13.2 Å². The summed E-state index contributed by atoms with van der Waals surface area (Å²) in [6.45, 7) is 19.8. The number of hydrogen-bond donors (Lipinski definition) is 10. The summed E-state index contributed by atoms with van der Waals surface area (Å²) >= 11 is 0. The lowest BCUT2D eigenvalue weighted by Gasteiger charge is -2.49. The highest BCUT2D eigenvalue weighted by atomic mass is 31.2. The fourth-order valence-electron chi connectivity index (χ4n) is 9.77. The molecule has 77 heavy (non-hydrogen) atoms. The van der Waals surface area contributed by atoms with Crippen molar-refractivity contribution in [3.8, 4) is 0 Å². The number of carboxylic acids is 1. The standard InChI is InChI=1S/C51H93N4O21P/c1-26(2)15-14-17-27(3)18-19-29(5)20-23-51(10,11)22-13-12-16-28(4)21-24-68-34(46(63)64)25-69-77(66,67)76-49-44(42(75-50(53)65)40(61)43(73-49)45(52)62)74-48-36(55-33(9)57)39(60)41(31(7)71-48)72-47-35(54-32(8)56)38(59)37(58)30(6)70-47/h26-31,34-44,47-49,58-61H,12-25H2,1-11H3,(H2,52,62)(H2,53,65)(H,54,56)(H,55,57)(H,63,64)(H,66,67)/t27?,28?,29?,30-,31-,34-,35-,36-,37-,38-,39-,40-,41-,42+,43+,44-,47+,48+,49-/m1/s1. The van der Waals surface area contributed by atoms with Gasteiger partial charge in [0.25, 0.3) is 0 Å². The van der Waals surface area contributed by atoms with Crippen LogP contribution in [-0.2, 0) is 65.9 Å². The Morgan fingerprint density at radius 1 is 0.649 bits per heavy atom. The number of phosphoric acid groups is 1. The predicted molar refractivity (Wildman–Crippen MR) is 276 cm³/mol. The van der Waals surface area contributed by atoms with Crippen LogP contribution in [0.3, 0.4) is 0 Å². The predicted octanol–water partition coefficient (Wildman–Crippen LogP) is 3.25. The lowest BCUT2D eigenvalue weighted by atomic mass is 9.79. The highest BCUT2D eigenvalue weighted by molar-refractivity contribution is 7.47. The van der Waals surface area contributed by atoms with Crippen molar-refractivity contribution < 1.29 is 101 Å². The number of aliphatic hydroxyl groups excluding tert-OH is 4. The Morgan fingerprint density at radius 3 is 1.75 bits per heavy atom. The second-order valence-electron chi connectivity index (χ2n) is 22.8. The first-order valence-corrected chi connectivity index (χ1v) is 28.6. The molecule has 4 unspecified atom stereocenters. The Bertz CT molecular complexity index is 1900. The zero-order valence-electron chi connectivity index (χ0n) is 46.9. The van der Waals surface area contributed by atoms with Crippen LogP contribution in [0.25, 0.3) is 0 Å². The van der Waals surface area contributed by atoms with Crippen molar-refractivity contribution in [1.82, 2.24) is 10.6 Å². The number of aliphatic carboxylic acids is 1. The van der Waals surface area contributed by atoms with Gasteiger partial charge in [0.15, 0.2) is 43.3 Å². The van der Waals surface area contributed by atoms with Crippen molar-refractivity contribution in [2.24, 2.45) is 40.6 Å². The van der Waals surface area contributed by atoms with Gasteiger partial charge in [-0.3, -0.25) is 23.4 Å². The van der Waals surface area contributed by atoms with E-state index in [1.807, 2.05) is 6.92 Å². The number of carbonyl (C=O) groups excluding carboxylic acids is 4. The summed E-state index contributed by atoms with van der Waals surface area (Å²) in [7, 11) is -5.53. The van der Waals surface area contributed by atoms with Gasteiger partial charge in [-0.2, -0.15) is 0 Å². The summed E-state index contributed by atoms with van der Waals surface area (Å²) in [6.07, 6.45) is -13.2. The molecular weight excluding hydrogens is 1040 g/mol. The average molecular weight is 1130 g/mol. The largest absolute Gasteiger partial charge is 0.479 e. The number of amides is 4. The summed E-state index contributed by atoms with van der Waals surface area (Å²) in [5, 5.41) is 59.0. The minimum absolute atomic E-state index is 0.0371. The minimum atomic E-state index is -5.53. The van der Waals surface area contributed by atoms with Crippen LogP contribution in [0.1, 0.15) is 153 Å². The van der Waals surface area contributed by atoms with E-state index in [9.17, 15) is 59.0 Å². The second kappa shape index (κ2) is 31.7. The quantitative estimate of drug-likeness (QED) is 0.0333. The molecule has 25 nitrogen and oxygen atoms in total. The lowest BCUT2D eigenvalue weighted by Crippen LogP contribution is -2.69. The third kappa shape index (κ3) is 22.7. The third-order valence-electron chi connectivity index (χ3n) is 14.6. The average Bonchev–Trinajstić information content (AvgIpc) is 3.31. The van der Waals surface area contributed by atoms with Crippen LogP contribution in [0, 0.1) is 29.1 Å². The summed E-state index contributed by atoms with van der Waals surface area (Å²) < 4.78 is 63.9. The fraction of sp³-hybridized carbons (Fsp3) is 0.902. The molecule has 0 aromatic rings. The minimum Gasteiger partial charge on any atom is -0.479 e. The number of rotatable bonds is 33. The van der Waals surface area contributed by atoms with E-state index in [1.54, 1.807) is 0 Å². The molecule has 4 amide bonds. The van der Waals surface area contributed by atoms with Crippen LogP contribution in [0.5, 0.6) is 0 Å². The SMILES string of the molecule is CC(=O)N[C@H]1[C@H](O[C@H]2[C@@H](OP(=O)(O)OC[C@@H](OCCC(C)CCCCC(C)(C)CCC(C)CCC(C)CCCC(C)C)C(=O)O)O[C@H](C(N)=O)[C@H](O)[C@@H]2OC(N)=O)O[C@H](C)[C@@H](O[C@@H]2O[C@H](C)[C@@H](O)[C@H](O)[C@H]2NC(C)=O)[C@@H]1O. The second-order valence-corrected chi connectivity index (χ2v) is 24.2. The van der Waals surface area contributed by atoms with Crippen molar-refractivity contribution in [2.45, 2.75) is 251 Å². The molecule has 448 valence electrons. The maximum absolute atomic E-state index is 13.6. The van der Waals surface area contributed by atoms with Crippen molar-refractivity contribution in [1.29, 1.82) is 0 Å². The van der Waals surface area contributed by atoms with Crippen LogP contribution >= 0.6 is 7.82 Å². The molecule has 3 rings (SSSR count). The van der Waals surface area contributed by atoms with Crippen LogP contribution < -0.4 is 22.1 Å². The first-order chi connectivity index (χ1) is 35.8. The van der Waals surface area contributed by atoms with E-state index in [-0.39, 0.29) is 17.9 Å². The molecule has 3 saturated heterocycles. The fourth-order valence-corrected chi connectivity index (χ4v) is 10.6. The summed E-state index contributed by atoms with van der Waals surface area (Å²) in [5.41, 5.74) is 11.0. The number of primary amides is 2. The van der Waals surface area contributed by atoms with E-state index in [4.69, 9.17) is 53.7 Å². The summed E-state index contributed by atoms with van der Waals surface area (Å²) in [5.74, 6) is -1.98. The first-order valence-electron chi connectivity index (χ1n) is 27.1. The Labute approximate surface area is 453 Å². The van der Waals surface area contributed by atoms with Gasteiger partial charge < -0.3 is 85.7 Å². The molecule has 0 aromatic heterocycles. The maximum atomic E-state index is 13.6. The van der Waals surface area contributed by atoms with Gasteiger partial charge in [0, 0.05) is 20.5 Å². The van der Waals surface area contributed by atoms with Gasteiger partial charge in [-0.05, 0) is 62.2 Å². The summed E-state index contributed by atoms with van der Waals surface area (Å²) in [6, 6.07) is -3.05. The molecular formula is C51H93N4O21P. The molecule has 0 radical (unpaired) electrons. The van der Waals surface area contributed by atoms with Crippen molar-refractivity contribution in [3.63, 3.8) is 0 Å². The molecule has 26 heteroatoms. The molecule has 0 aromatic carbocycles. The molecule has 0 spiro atoms. The molecule has 3 heterocycles. The number of phosphoric ester groups is 1. The molecule has 3 aliphatic rings. The highest BCUT2D eigenvalue weighted by Crippen LogP contribution is 2.48. The topological polar surface area (TPSA) is 383 Å². The van der Waals surface area contributed by atoms with Gasteiger partial charge in [0.05, 0.1) is 18.8 Å². The van der Waals surface area contributed by atoms with E-state index in [2.05, 4.69) is 52.2 Å². The molecule has 0 aliphatic carbocycles. The highest BCUT2D eigenvalue weighted by Gasteiger charge is 2.57. The molecule has 3 aliphatic heterocycles. The van der Waals surface area contributed by atoms with Gasteiger partial charge in [-0.1, -0.05) is 106 Å². The normalized spacial score (nSPS) is 32.3. The third-order valence-corrected chi connectivity index (χ3v) is 15.6. The Hall–Kier alpha value is -3.14. The molecule has 20 atom stereocenters. The van der Waals surface area contributed by atoms with E-state index in [0.717, 1.165) is 57.8 Å². The number of carbonyl (C=O) groups is 5. The zero-order chi connectivity index (χ0) is 58.1. The molecule has 0 bridgehead atoms. The number of hydrogen-bond acceptors (Lipinski definition) is 19. The van der Waals surface area contributed by atoms with Gasteiger partial charge >= 0.3 is 19.9 Å². The number of nitrogens with one attached hydrogen (secondary N) is 2. The van der Waals surface area contributed by atoms with E-state index < -0.39 is 142 Å². The lowest BCUT2D eigenvalue weighted by molar-refractivity contribution is -0.352. The Morgan fingerprint density at radius 2 is 1.19 bits per heavy atom. The molecule has 0 saturated carbocycles. The van der Waals surface area contributed by atoms with Gasteiger partial charge in [0.1, 0.15) is 42.6 Å². The van der Waals surface area contributed by atoms with E-state index in [0.29, 0.717) is 12.3 Å². The number of carboxylic acid groups (broad SMARTS) is 1. The van der Waals surface area contributed by atoms with Crippen LogP contribution in [0.2, 0.25) is 0 Å². The molecule has 12 N–H and O–H groups in total. The van der Waals surface area contributed by atoms with Gasteiger partial charge in [-0.25, -0.2) is 14.2 Å². The van der Waals surface area contributed by atoms with E-state index in [1.165, 1.54) is 52.4 Å². The van der Waals surface area contributed by atoms with Gasteiger partial charge in [0.2, 0.25) is 17.7 Å². The number of ether oxygens (including phenoxy) is 7. The van der Waals surface area contributed by atoms with Crippen LogP contribution in [0.4, 0.5) is 4.79 Å². The van der Waals surface area contributed by atoms with Crippen molar-refractivity contribution in [3.05, 3.63) is 0 Å². The Kier molecular flexibility index (Phi) is 28.1. The maximum Gasteiger partial charge on any atom is 0.474 e. The van der Waals surface area contributed by atoms with Crippen LogP contribution in [-0.4, -0.2) is 172 Å². The zero-order valence-corrected chi connectivity index (χ0v) is 47.7. The van der Waals surface area contributed by atoms with Crippen LogP contribution in [0.15, 0.2) is 0 Å². The van der Waals surface area contributed by atoms with Gasteiger partial charge in [-0.15, -0.1) is 0 Å². The molecule has 3 fully saturated rings. The number of nitrogens with two attached hydrogens (primary N) is 2. The Balaban J connectivity index is 1.66. The number of aliphatic hydroxyl groups is 4. The summed E-state index contributed by atoms with van der Waals surface area (Å²) in [4.78, 5) is 72.6. The van der Waals surface area contributed by atoms with Crippen molar-refractivity contribution >= 4 is 37.6 Å².